The molecule has 0 radical (unpaired) electrons. The number of hydrogen-bond donors (Lipinski definition) is 2. The van der Waals surface area contributed by atoms with Gasteiger partial charge in [0, 0.05) is 13.0 Å². The molecule has 0 amide bonds. The second-order valence-corrected chi connectivity index (χ2v) is 3.70. The van der Waals surface area contributed by atoms with Crippen LogP contribution in [0.3, 0.4) is 0 Å². The van der Waals surface area contributed by atoms with Gasteiger partial charge in [0.05, 0.1) is 11.0 Å². The number of rotatable bonds is 4. The van der Waals surface area contributed by atoms with Gasteiger partial charge in [0.1, 0.15) is 5.82 Å². The van der Waals surface area contributed by atoms with Crippen LogP contribution in [0.1, 0.15) is 18.3 Å². The van der Waals surface area contributed by atoms with Crippen LogP contribution in [0, 0.1) is 0 Å². The minimum atomic E-state index is 0.953. The number of nitrogens with zero attached hydrogens (tertiary/aromatic N) is 1. The van der Waals surface area contributed by atoms with Crippen molar-refractivity contribution in [1.82, 2.24) is 15.3 Å². The molecule has 15 heavy (non-hydrogen) atoms. The first-order valence-electron chi connectivity index (χ1n) is 5.46. The summed E-state index contributed by atoms with van der Waals surface area (Å²) >= 11 is 0. The van der Waals surface area contributed by atoms with Gasteiger partial charge in [-0.25, -0.2) is 4.98 Å². The monoisotopic (exact) mass is 203 g/mol. The fraction of sp³-hybridized carbons (Fsp3) is 0.417. The maximum absolute atomic E-state index is 4.63. The summed E-state index contributed by atoms with van der Waals surface area (Å²) in [5, 5.41) is 3.13. The molecule has 0 unspecified atom stereocenters. The van der Waals surface area contributed by atoms with E-state index < -0.39 is 0 Å². The Labute approximate surface area is 89.9 Å². The van der Waals surface area contributed by atoms with Crippen LogP contribution in [0.15, 0.2) is 18.2 Å². The fourth-order valence-corrected chi connectivity index (χ4v) is 1.79. The van der Waals surface area contributed by atoms with Crippen molar-refractivity contribution in [3.05, 3.63) is 29.6 Å². The van der Waals surface area contributed by atoms with Crippen molar-refractivity contribution in [1.29, 1.82) is 0 Å². The lowest BCUT2D eigenvalue weighted by Crippen LogP contribution is -2.10. The van der Waals surface area contributed by atoms with Crippen molar-refractivity contribution in [2.24, 2.45) is 0 Å². The van der Waals surface area contributed by atoms with Gasteiger partial charge in [-0.2, -0.15) is 0 Å². The number of aromatic amines is 1. The number of H-pyrrole nitrogens is 1. The molecular formula is C12H17N3. The highest BCUT2D eigenvalue weighted by atomic mass is 14.9. The molecule has 2 aromatic rings. The van der Waals surface area contributed by atoms with Gasteiger partial charge in [0.2, 0.25) is 0 Å². The molecule has 0 bridgehead atoms. The molecule has 0 spiro atoms. The summed E-state index contributed by atoms with van der Waals surface area (Å²) in [6.45, 7) is 3.12. The van der Waals surface area contributed by atoms with Crippen molar-refractivity contribution in [3.63, 3.8) is 0 Å². The van der Waals surface area contributed by atoms with E-state index >= 15 is 0 Å². The molecule has 0 aliphatic heterocycles. The Morgan fingerprint density at radius 1 is 1.40 bits per heavy atom. The third-order valence-corrected chi connectivity index (χ3v) is 2.64. The van der Waals surface area contributed by atoms with Crippen molar-refractivity contribution >= 4 is 11.0 Å². The van der Waals surface area contributed by atoms with E-state index in [1.54, 1.807) is 0 Å². The van der Waals surface area contributed by atoms with Crippen molar-refractivity contribution in [2.75, 3.05) is 13.6 Å². The summed E-state index contributed by atoms with van der Waals surface area (Å²) in [5.41, 5.74) is 3.60. The molecule has 0 fully saturated rings. The first-order valence-corrected chi connectivity index (χ1v) is 5.46. The lowest BCUT2D eigenvalue weighted by atomic mass is 10.1. The highest BCUT2D eigenvalue weighted by Crippen LogP contribution is 2.16. The number of para-hydroxylation sites is 1. The van der Waals surface area contributed by atoms with Crippen LogP contribution in [-0.4, -0.2) is 23.6 Å². The number of nitrogens with one attached hydrogen (secondary N) is 2. The smallest absolute Gasteiger partial charge is 0.108 e. The predicted molar refractivity (Wildman–Crippen MR) is 63.1 cm³/mol. The Hall–Kier alpha value is -1.35. The molecule has 3 nitrogen and oxygen atoms in total. The molecule has 80 valence electrons. The molecular weight excluding hydrogens is 186 g/mol. The summed E-state index contributed by atoms with van der Waals surface area (Å²) < 4.78 is 0. The molecule has 0 aliphatic rings. The second-order valence-electron chi connectivity index (χ2n) is 3.70. The van der Waals surface area contributed by atoms with Gasteiger partial charge in [-0.3, -0.25) is 0 Å². The average molecular weight is 203 g/mol. The SMILES string of the molecule is CCc1cccc2[nH]c(CCNC)nc12. The molecule has 1 aromatic heterocycles. The second kappa shape index (κ2) is 4.45. The average Bonchev–Trinajstić information content (AvgIpc) is 2.68. The zero-order chi connectivity index (χ0) is 10.7. The van der Waals surface area contributed by atoms with Crippen LogP contribution >= 0.6 is 0 Å². The number of likely N-dealkylation sites (N-methyl/N-ethyl adjacent to an activating group) is 1. The van der Waals surface area contributed by atoms with Crippen LogP contribution in [0.4, 0.5) is 0 Å². The zero-order valence-corrected chi connectivity index (χ0v) is 9.30. The normalized spacial score (nSPS) is 11.1. The molecule has 3 heteroatoms. The number of aromatic nitrogens is 2. The van der Waals surface area contributed by atoms with Gasteiger partial charge in [-0.1, -0.05) is 19.1 Å². The van der Waals surface area contributed by atoms with E-state index in [2.05, 4.69) is 40.4 Å². The first-order chi connectivity index (χ1) is 7.35. The van der Waals surface area contributed by atoms with E-state index in [9.17, 15) is 0 Å². The lowest BCUT2D eigenvalue weighted by Gasteiger charge is -1.95. The topological polar surface area (TPSA) is 40.7 Å². The Balaban J connectivity index is 2.37. The molecule has 1 heterocycles. The van der Waals surface area contributed by atoms with Gasteiger partial charge >= 0.3 is 0 Å². The van der Waals surface area contributed by atoms with Crippen LogP contribution in [0.5, 0.6) is 0 Å². The van der Waals surface area contributed by atoms with Gasteiger partial charge in [0.15, 0.2) is 0 Å². The number of fused-ring (bicyclic) bond motifs is 1. The molecule has 0 saturated heterocycles. The Morgan fingerprint density at radius 3 is 3.00 bits per heavy atom. The third-order valence-electron chi connectivity index (χ3n) is 2.64. The maximum atomic E-state index is 4.63. The largest absolute Gasteiger partial charge is 0.342 e. The summed E-state index contributed by atoms with van der Waals surface area (Å²) in [4.78, 5) is 7.98. The summed E-state index contributed by atoms with van der Waals surface area (Å²) in [5.74, 6) is 1.07. The highest BCUT2D eigenvalue weighted by Gasteiger charge is 2.05. The number of hydrogen-bond acceptors (Lipinski definition) is 2. The van der Waals surface area contributed by atoms with Crippen LogP contribution in [0.25, 0.3) is 11.0 Å². The third kappa shape index (κ3) is 2.02. The molecule has 0 aliphatic carbocycles. The molecule has 0 saturated carbocycles. The van der Waals surface area contributed by atoms with Crippen molar-refractivity contribution in [2.45, 2.75) is 19.8 Å². The first kappa shape index (κ1) is 10.2. The van der Waals surface area contributed by atoms with Crippen LogP contribution in [0.2, 0.25) is 0 Å². The minimum Gasteiger partial charge on any atom is -0.342 e. The fourth-order valence-electron chi connectivity index (χ4n) is 1.79. The lowest BCUT2D eigenvalue weighted by molar-refractivity contribution is 0.766. The predicted octanol–water partition coefficient (Wildman–Crippen LogP) is 1.89. The number of benzene rings is 1. The zero-order valence-electron chi connectivity index (χ0n) is 9.30. The van der Waals surface area contributed by atoms with Crippen molar-refractivity contribution in [3.8, 4) is 0 Å². The Bertz CT molecular complexity index is 445. The Morgan fingerprint density at radius 2 is 2.27 bits per heavy atom. The molecule has 2 rings (SSSR count). The summed E-state index contributed by atoms with van der Waals surface area (Å²) in [6.07, 6.45) is 1.99. The van der Waals surface area contributed by atoms with E-state index in [4.69, 9.17) is 0 Å². The number of imidazole rings is 1. The van der Waals surface area contributed by atoms with Crippen molar-refractivity contribution < 1.29 is 0 Å². The van der Waals surface area contributed by atoms with Gasteiger partial charge in [-0.05, 0) is 25.1 Å². The van der Waals surface area contributed by atoms with E-state index in [0.29, 0.717) is 0 Å². The molecule has 1 aromatic carbocycles. The quantitative estimate of drug-likeness (QED) is 0.796. The Kier molecular flexibility index (Phi) is 3.02. The summed E-state index contributed by atoms with van der Waals surface area (Å²) in [7, 11) is 1.96. The maximum Gasteiger partial charge on any atom is 0.108 e. The van der Waals surface area contributed by atoms with Gasteiger partial charge in [0.25, 0.3) is 0 Å². The van der Waals surface area contributed by atoms with E-state index in [0.717, 1.165) is 36.2 Å². The van der Waals surface area contributed by atoms with Gasteiger partial charge in [-0.15, -0.1) is 0 Å². The molecule has 0 atom stereocenters. The van der Waals surface area contributed by atoms with E-state index in [1.165, 1.54) is 5.56 Å². The van der Waals surface area contributed by atoms with Crippen LogP contribution in [-0.2, 0) is 12.8 Å². The molecule has 2 N–H and O–H groups in total. The van der Waals surface area contributed by atoms with E-state index in [-0.39, 0.29) is 0 Å². The minimum absolute atomic E-state index is 0.953. The number of aryl methyl sites for hydroxylation is 1. The standard InChI is InChI=1S/C12H17N3/c1-3-9-5-4-6-10-12(9)15-11(14-10)7-8-13-2/h4-6,13H,3,7-8H2,1-2H3,(H,14,15). The summed E-state index contributed by atoms with van der Waals surface area (Å²) in [6, 6.07) is 6.32. The van der Waals surface area contributed by atoms with Crippen LogP contribution < -0.4 is 5.32 Å². The van der Waals surface area contributed by atoms with Gasteiger partial charge < -0.3 is 10.3 Å². The highest BCUT2D eigenvalue weighted by molar-refractivity contribution is 5.78. The van der Waals surface area contributed by atoms with E-state index in [1.807, 2.05) is 7.05 Å².